The Balaban J connectivity index is 2.33. The molecule has 0 spiro atoms. The van der Waals surface area contributed by atoms with Gasteiger partial charge in [0, 0.05) is 39.6 Å². The summed E-state index contributed by atoms with van der Waals surface area (Å²) in [6.07, 6.45) is 1.06. The third kappa shape index (κ3) is 5.32. The lowest BCUT2D eigenvalue weighted by Crippen LogP contribution is -2.44. The summed E-state index contributed by atoms with van der Waals surface area (Å²) in [6, 6.07) is 11.1. The van der Waals surface area contributed by atoms with Gasteiger partial charge in [-0.2, -0.15) is 0 Å². The van der Waals surface area contributed by atoms with Crippen LogP contribution in [0.1, 0.15) is 13.3 Å². The van der Waals surface area contributed by atoms with Gasteiger partial charge in [0.15, 0.2) is 0 Å². The normalized spacial score (nSPS) is 13.3. The Morgan fingerprint density at radius 1 is 1.05 bits per heavy atom. The standard InChI is InChI=1S/C14H25NO3Si/c1-13(12-19(16-2,17-3)18-4)10-11-15-14-8-6-5-7-9-14/h5-9,13,15H,10-12H2,1-4H3. The number of anilines is 1. The molecule has 1 N–H and O–H groups in total. The maximum Gasteiger partial charge on any atom is 0.500 e. The second kappa shape index (κ2) is 8.32. The summed E-state index contributed by atoms with van der Waals surface area (Å²) >= 11 is 0. The van der Waals surface area contributed by atoms with E-state index in [0.29, 0.717) is 5.92 Å². The average Bonchev–Trinajstić information content (AvgIpc) is 2.46. The number of hydrogen-bond acceptors (Lipinski definition) is 4. The number of nitrogens with one attached hydrogen (secondary N) is 1. The lowest BCUT2D eigenvalue weighted by Gasteiger charge is -2.27. The molecule has 1 aromatic carbocycles. The van der Waals surface area contributed by atoms with Crippen LogP contribution < -0.4 is 5.32 Å². The van der Waals surface area contributed by atoms with Crippen molar-refractivity contribution in [1.82, 2.24) is 0 Å². The fraction of sp³-hybridized carbons (Fsp3) is 0.571. The minimum absolute atomic E-state index is 0.489. The quantitative estimate of drug-likeness (QED) is 0.707. The van der Waals surface area contributed by atoms with Gasteiger partial charge >= 0.3 is 8.80 Å². The first-order chi connectivity index (χ1) is 9.15. The highest BCUT2D eigenvalue weighted by molar-refractivity contribution is 6.60. The number of hydrogen-bond donors (Lipinski definition) is 1. The van der Waals surface area contributed by atoms with Crippen LogP contribution in [0.15, 0.2) is 30.3 Å². The Labute approximate surface area is 117 Å². The molecule has 4 nitrogen and oxygen atoms in total. The van der Waals surface area contributed by atoms with Crippen molar-refractivity contribution in [3.63, 3.8) is 0 Å². The molecule has 1 unspecified atom stereocenters. The first kappa shape index (κ1) is 16.2. The van der Waals surface area contributed by atoms with Crippen LogP contribution in [0.2, 0.25) is 6.04 Å². The van der Waals surface area contributed by atoms with Gasteiger partial charge in [-0.25, -0.2) is 0 Å². The predicted octanol–water partition coefficient (Wildman–Crippen LogP) is 3.00. The average molecular weight is 283 g/mol. The minimum Gasteiger partial charge on any atom is -0.385 e. The van der Waals surface area contributed by atoms with E-state index in [4.69, 9.17) is 13.3 Å². The van der Waals surface area contributed by atoms with E-state index < -0.39 is 8.80 Å². The van der Waals surface area contributed by atoms with Crippen LogP contribution in [-0.2, 0) is 13.3 Å². The van der Waals surface area contributed by atoms with E-state index in [0.717, 1.165) is 24.7 Å². The van der Waals surface area contributed by atoms with E-state index in [1.165, 1.54) is 0 Å². The third-order valence-electron chi connectivity index (χ3n) is 3.27. The molecule has 0 bridgehead atoms. The summed E-state index contributed by atoms with van der Waals surface area (Å²) in [5.74, 6) is 0.489. The van der Waals surface area contributed by atoms with Crippen molar-refractivity contribution in [2.45, 2.75) is 19.4 Å². The van der Waals surface area contributed by atoms with Gasteiger partial charge in [0.2, 0.25) is 0 Å². The summed E-state index contributed by atoms with van der Waals surface area (Å²) in [4.78, 5) is 0. The molecule has 0 saturated heterocycles. The fourth-order valence-corrected chi connectivity index (χ4v) is 4.11. The smallest absolute Gasteiger partial charge is 0.385 e. The Bertz CT molecular complexity index is 336. The highest BCUT2D eigenvalue weighted by atomic mass is 28.4. The van der Waals surface area contributed by atoms with Gasteiger partial charge in [0.25, 0.3) is 0 Å². The molecule has 108 valence electrons. The van der Waals surface area contributed by atoms with Crippen LogP contribution in [0.4, 0.5) is 5.69 Å². The van der Waals surface area contributed by atoms with Crippen molar-refractivity contribution < 1.29 is 13.3 Å². The third-order valence-corrected chi connectivity index (χ3v) is 6.33. The maximum atomic E-state index is 5.45. The van der Waals surface area contributed by atoms with Crippen LogP contribution in [0.5, 0.6) is 0 Å². The van der Waals surface area contributed by atoms with E-state index in [1.807, 2.05) is 18.2 Å². The Morgan fingerprint density at radius 2 is 1.63 bits per heavy atom. The highest BCUT2D eigenvalue weighted by Gasteiger charge is 2.39. The zero-order valence-corrected chi connectivity index (χ0v) is 13.3. The van der Waals surface area contributed by atoms with Gasteiger partial charge in [0.05, 0.1) is 0 Å². The summed E-state index contributed by atoms with van der Waals surface area (Å²) < 4.78 is 16.3. The van der Waals surface area contributed by atoms with Crippen LogP contribution >= 0.6 is 0 Å². The van der Waals surface area contributed by atoms with Gasteiger partial charge in [-0.3, -0.25) is 0 Å². The molecular weight excluding hydrogens is 258 g/mol. The summed E-state index contributed by atoms with van der Waals surface area (Å²) in [5, 5.41) is 3.41. The van der Waals surface area contributed by atoms with Crippen molar-refractivity contribution in [3.8, 4) is 0 Å². The molecule has 0 aromatic heterocycles. The van der Waals surface area contributed by atoms with Crippen molar-refractivity contribution >= 4 is 14.5 Å². The molecule has 5 heteroatoms. The summed E-state index contributed by atoms with van der Waals surface area (Å²) in [7, 11) is 2.55. The second-order valence-corrected chi connectivity index (χ2v) is 7.69. The van der Waals surface area contributed by atoms with Crippen molar-refractivity contribution in [1.29, 1.82) is 0 Å². The lowest BCUT2D eigenvalue weighted by molar-refractivity contribution is 0.118. The molecule has 0 aliphatic heterocycles. The highest BCUT2D eigenvalue weighted by Crippen LogP contribution is 2.21. The van der Waals surface area contributed by atoms with Crippen LogP contribution in [-0.4, -0.2) is 36.7 Å². The number of benzene rings is 1. The molecule has 0 aliphatic carbocycles. The van der Waals surface area contributed by atoms with E-state index >= 15 is 0 Å². The zero-order valence-electron chi connectivity index (χ0n) is 12.3. The van der Waals surface area contributed by atoms with Gasteiger partial charge in [0.1, 0.15) is 0 Å². The fourth-order valence-electron chi connectivity index (χ4n) is 2.05. The molecule has 0 radical (unpaired) electrons. The number of rotatable bonds is 9. The van der Waals surface area contributed by atoms with Crippen LogP contribution in [0, 0.1) is 5.92 Å². The minimum atomic E-state index is -2.44. The van der Waals surface area contributed by atoms with Crippen LogP contribution in [0.25, 0.3) is 0 Å². The second-order valence-electron chi connectivity index (χ2n) is 4.69. The molecule has 1 rings (SSSR count). The van der Waals surface area contributed by atoms with Gasteiger partial charge in [-0.1, -0.05) is 25.1 Å². The van der Waals surface area contributed by atoms with Crippen molar-refractivity contribution in [2.24, 2.45) is 5.92 Å². The van der Waals surface area contributed by atoms with Gasteiger partial charge in [-0.05, 0) is 24.5 Å². The molecule has 0 aliphatic rings. The Morgan fingerprint density at radius 3 is 2.16 bits per heavy atom. The van der Waals surface area contributed by atoms with E-state index in [-0.39, 0.29) is 0 Å². The van der Waals surface area contributed by atoms with Crippen molar-refractivity contribution in [3.05, 3.63) is 30.3 Å². The molecule has 0 fully saturated rings. The SMILES string of the molecule is CO[Si](CC(C)CCNc1ccccc1)(OC)OC. The first-order valence-electron chi connectivity index (χ1n) is 6.60. The summed E-state index contributed by atoms with van der Waals surface area (Å²) in [5.41, 5.74) is 1.16. The molecule has 1 aromatic rings. The van der Waals surface area contributed by atoms with Crippen molar-refractivity contribution in [2.75, 3.05) is 33.2 Å². The monoisotopic (exact) mass is 283 g/mol. The predicted molar refractivity (Wildman–Crippen MR) is 80.3 cm³/mol. The maximum absolute atomic E-state index is 5.45. The van der Waals surface area contributed by atoms with E-state index in [9.17, 15) is 0 Å². The summed E-state index contributed by atoms with van der Waals surface area (Å²) in [6.45, 7) is 3.14. The van der Waals surface area contributed by atoms with Crippen LogP contribution in [0.3, 0.4) is 0 Å². The molecule has 19 heavy (non-hydrogen) atoms. The Kier molecular flexibility index (Phi) is 7.08. The van der Waals surface area contributed by atoms with E-state index in [1.54, 1.807) is 21.3 Å². The largest absolute Gasteiger partial charge is 0.500 e. The molecule has 1 atom stereocenters. The first-order valence-corrected chi connectivity index (χ1v) is 8.53. The number of para-hydroxylation sites is 1. The van der Waals surface area contributed by atoms with E-state index in [2.05, 4.69) is 24.4 Å². The topological polar surface area (TPSA) is 39.7 Å². The molecule has 0 amide bonds. The molecule has 0 saturated carbocycles. The molecule has 0 heterocycles. The van der Waals surface area contributed by atoms with Gasteiger partial charge < -0.3 is 18.6 Å². The molecular formula is C14H25NO3Si. The van der Waals surface area contributed by atoms with Gasteiger partial charge in [-0.15, -0.1) is 0 Å². The lowest BCUT2D eigenvalue weighted by atomic mass is 10.1. The Hall–Kier alpha value is -0.883. The zero-order chi connectivity index (χ0) is 14.1.